The second-order valence-corrected chi connectivity index (χ2v) is 7.81. The molecule has 2 aliphatic rings. The summed E-state index contributed by atoms with van der Waals surface area (Å²) in [6.07, 6.45) is 3.80. The predicted octanol–water partition coefficient (Wildman–Crippen LogP) is 1.74. The second kappa shape index (κ2) is 7.13. The fourth-order valence-corrected chi connectivity index (χ4v) is 3.70. The summed E-state index contributed by atoms with van der Waals surface area (Å²) in [6, 6.07) is 2.26. The molecule has 2 heterocycles. The average Bonchev–Trinajstić information content (AvgIpc) is 3.29. The molecule has 0 aromatic carbocycles. The van der Waals surface area contributed by atoms with Crippen molar-refractivity contribution in [3.05, 3.63) is 11.8 Å². The minimum atomic E-state index is 0.128. The van der Waals surface area contributed by atoms with Crippen molar-refractivity contribution in [2.75, 3.05) is 31.9 Å². The molecule has 2 fully saturated rings. The minimum Gasteiger partial charge on any atom is -0.384 e. The summed E-state index contributed by atoms with van der Waals surface area (Å²) in [5.74, 6) is 2.13. The SMILES string of the molecule is Cc1cc(N)n(CC(=O)N2CCCN(CC3CC3)[C@@H](C(C)C)C2)n1. The molecular formula is C18H31N5O. The average molecular weight is 333 g/mol. The van der Waals surface area contributed by atoms with E-state index in [0.717, 1.165) is 37.7 Å². The van der Waals surface area contributed by atoms with E-state index < -0.39 is 0 Å². The van der Waals surface area contributed by atoms with Crippen molar-refractivity contribution in [2.24, 2.45) is 11.8 Å². The number of hydrogen-bond donors (Lipinski definition) is 1. The zero-order valence-corrected chi connectivity index (χ0v) is 15.2. The van der Waals surface area contributed by atoms with E-state index in [4.69, 9.17) is 5.73 Å². The summed E-state index contributed by atoms with van der Waals surface area (Å²) in [5.41, 5.74) is 6.78. The van der Waals surface area contributed by atoms with Crippen LogP contribution in [0.2, 0.25) is 0 Å². The Kier molecular flexibility index (Phi) is 5.13. The van der Waals surface area contributed by atoms with E-state index in [0.29, 0.717) is 17.8 Å². The third-order valence-corrected chi connectivity index (χ3v) is 5.28. The number of amides is 1. The number of nitrogen functional groups attached to an aromatic ring is 1. The lowest BCUT2D eigenvalue weighted by molar-refractivity contribution is -0.132. The van der Waals surface area contributed by atoms with Crippen molar-refractivity contribution >= 4 is 11.7 Å². The third-order valence-electron chi connectivity index (χ3n) is 5.28. The Morgan fingerprint density at radius 1 is 1.38 bits per heavy atom. The van der Waals surface area contributed by atoms with E-state index in [9.17, 15) is 4.79 Å². The van der Waals surface area contributed by atoms with Gasteiger partial charge in [0.05, 0.1) is 5.69 Å². The summed E-state index contributed by atoms with van der Waals surface area (Å²) in [5, 5.41) is 4.32. The van der Waals surface area contributed by atoms with Crippen LogP contribution >= 0.6 is 0 Å². The molecule has 3 rings (SSSR count). The molecular weight excluding hydrogens is 302 g/mol. The summed E-state index contributed by atoms with van der Waals surface area (Å²) in [7, 11) is 0. The van der Waals surface area contributed by atoms with E-state index in [1.165, 1.54) is 19.4 Å². The van der Waals surface area contributed by atoms with E-state index in [1.54, 1.807) is 4.68 Å². The van der Waals surface area contributed by atoms with Gasteiger partial charge in [0.15, 0.2) is 0 Å². The molecule has 1 aliphatic heterocycles. The van der Waals surface area contributed by atoms with Gasteiger partial charge >= 0.3 is 0 Å². The van der Waals surface area contributed by atoms with E-state index >= 15 is 0 Å². The minimum absolute atomic E-state index is 0.128. The first kappa shape index (κ1) is 17.3. The van der Waals surface area contributed by atoms with Gasteiger partial charge in [-0.1, -0.05) is 13.8 Å². The Hall–Kier alpha value is -1.56. The molecule has 6 heteroatoms. The molecule has 2 N–H and O–H groups in total. The first-order valence-corrected chi connectivity index (χ1v) is 9.25. The maximum atomic E-state index is 12.8. The van der Waals surface area contributed by atoms with E-state index in [-0.39, 0.29) is 12.5 Å². The van der Waals surface area contributed by atoms with Crippen molar-refractivity contribution in [3.63, 3.8) is 0 Å². The molecule has 1 saturated carbocycles. The van der Waals surface area contributed by atoms with Gasteiger partial charge < -0.3 is 10.6 Å². The smallest absolute Gasteiger partial charge is 0.244 e. The van der Waals surface area contributed by atoms with Gasteiger partial charge in [-0.25, -0.2) is 4.68 Å². The number of nitrogens with zero attached hydrogens (tertiary/aromatic N) is 4. The monoisotopic (exact) mass is 333 g/mol. The highest BCUT2D eigenvalue weighted by Gasteiger charge is 2.33. The maximum Gasteiger partial charge on any atom is 0.244 e. The Morgan fingerprint density at radius 3 is 2.71 bits per heavy atom. The molecule has 1 saturated heterocycles. The fourth-order valence-electron chi connectivity index (χ4n) is 3.70. The Morgan fingerprint density at radius 2 is 2.12 bits per heavy atom. The van der Waals surface area contributed by atoms with Crippen molar-refractivity contribution < 1.29 is 4.79 Å². The lowest BCUT2D eigenvalue weighted by Gasteiger charge is -2.34. The van der Waals surface area contributed by atoms with E-state index in [1.807, 2.05) is 17.9 Å². The Bertz CT molecular complexity index is 578. The van der Waals surface area contributed by atoms with Crippen LogP contribution in [0.15, 0.2) is 6.07 Å². The van der Waals surface area contributed by atoms with E-state index in [2.05, 4.69) is 23.8 Å². The molecule has 24 heavy (non-hydrogen) atoms. The van der Waals surface area contributed by atoms with Crippen molar-refractivity contribution in [1.29, 1.82) is 0 Å². The number of anilines is 1. The predicted molar refractivity (Wildman–Crippen MR) is 95.5 cm³/mol. The standard InChI is InChI=1S/C18H31N5O/c1-13(2)16-11-22(8-4-7-21(16)10-15-5-6-15)18(24)12-23-17(19)9-14(3)20-23/h9,13,15-16H,4-8,10-12,19H2,1-3H3/t16-/m1/s1. The number of hydrogen-bond acceptors (Lipinski definition) is 4. The highest BCUT2D eigenvalue weighted by Crippen LogP contribution is 2.31. The molecule has 0 spiro atoms. The van der Waals surface area contributed by atoms with Crippen LogP contribution in [0.4, 0.5) is 5.82 Å². The topological polar surface area (TPSA) is 67.4 Å². The molecule has 1 amide bonds. The van der Waals surface area contributed by atoms with Crippen LogP contribution in [-0.2, 0) is 11.3 Å². The van der Waals surface area contributed by atoms with Crippen LogP contribution in [0.1, 0.15) is 38.8 Å². The van der Waals surface area contributed by atoms with Crippen LogP contribution in [0.5, 0.6) is 0 Å². The molecule has 0 radical (unpaired) electrons. The molecule has 0 bridgehead atoms. The van der Waals surface area contributed by atoms with Gasteiger partial charge in [-0.2, -0.15) is 5.10 Å². The van der Waals surface area contributed by atoms with Crippen LogP contribution < -0.4 is 5.73 Å². The number of rotatable bonds is 5. The number of aryl methyl sites for hydroxylation is 1. The van der Waals surface area contributed by atoms with Crippen molar-refractivity contribution in [3.8, 4) is 0 Å². The third kappa shape index (κ3) is 4.09. The summed E-state index contributed by atoms with van der Waals surface area (Å²) in [6.45, 7) is 10.6. The second-order valence-electron chi connectivity index (χ2n) is 7.81. The van der Waals surface area contributed by atoms with Gasteiger partial charge in [0, 0.05) is 38.3 Å². The van der Waals surface area contributed by atoms with Gasteiger partial charge in [-0.15, -0.1) is 0 Å². The molecule has 6 nitrogen and oxygen atoms in total. The van der Waals surface area contributed by atoms with Crippen LogP contribution in [0, 0.1) is 18.8 Å². The molecule has 1 atom stereocenters. The van der Waals surface area contributed by atoms with Gasteiger partial charge in [0.1, 0.15) is 12.4 Å². The summed E-state index contributed by atoms with van der Waals surface area (Å²) < 4.78 is 1.62. The fraction of sp³-hybridized carbons (Fsp3) is 0.778. The van der Waals surface area contributed by atoms with Gasteiger partial charge in [-0.05, 0) is 38.0 Å². The molecule has 1 aliphatic carbocycles. The Balaban J connectivity index is 1.66. The number of carbonyl (C=O) groups is 1. The Labute approximate surface area is 145 Å². The molecule has 1 aromatic rings. The summed E-state index contributed by atoms with van der Waals surface area (Å²) in [4.78, 5) is 17.4. The molecule has 134 valence electrons. The zero-order valence-electron chi connectivity index (χ0n) is 15.2. The van der Waals surface area contributed by atoms with Gasteiger partial charge in [-0.3, -0.25) is 9.69 Å². The van der Waals surface area contributed by atoms with Crippen LogP contribution in [0.3, 0.4) is 0 Å². The largest absolute Gasteiger partial charge is 0.384 e. The first-order chi connectivity index (χ1) is 11.4. The number of carbonyl (C=O) groups excluding carboxylic acids is 1. The summed E-state index contributed by atoms with van der Waals surface area (Å²) >= 11 is 0. The quantitative estimate of drug-likeness (QED) is 0.891. The maximum absolute atomic E-state index is 12.8. The lowest BCUT2D eigenvalue weighted by Crippen LogP contribution is -2.47. The van der Waals surface area contributed by atoms with Crippen molar-refractivity contribution in [2.45, 2.75) is 52.6 Å². The van der Waals surface area contributed by atoms with Crippen LogP contribution in [0.25, 0.3) is 0 Å². The lowest BCUT2D eigenvalue weighted by atomic mass is 10.0. The number of nitrogens with two attached hydrogens (primary N) is 1. The van der Waals surface area contributed by atoms with Crippen LogP contribution in [-0.4, -0.2) is 57.7 Å². The highest BCUT2D eigenvalue weighted by atomic mass is 16.2. The molecule has 0 unspecified atom stereocenters. The first-order valence-electron chi connectivity index (χ1n) is 9.25. The van der Waals surface area contributed by atoms with Crippen molar-refractivity contribution in [1.82, 2.24) is 19.6 Å². The zero-order chi connectivity index (χ0) is 17.3. The van der Waals surface area contributed by atoms with Gasteiger partial charge in [0.2, 0.25) is 5.91 Å². The van der Waals surface area contributed by atoms with Gasteiger partial charge in [0.25, 0.3) is 0 Å². The number of aromatic nitrogens is 2. The normalized spacial score (nSPS) is 22.8. The highest BCUT2D eigenvalue weighted by molar-refractivity contribution is 5.76. The molecule has 1 aromatic heterocycles.